The number of nitrogens with zero attached hydrogens (tertiary/aromatic N) is 1. The fraction of sp³-hybridized carbons (Fsp3) is 0.125. The number of carbonyl (C=O) groups excluding carboxylic acids is 2. The Hall–Kier alpha value is -4.11. The van der Waals surface area contributed by atoms with E-state index < -0.39 is 6.03 Å². The average molecular weight is 463 g/mol. The van der Waals surface area contributed by atoms with E-state index in [1.165, 1.54) is 18.4 Å². The Balaban J connectivity index is 1.53. The number of amides is 3. The lowest BCUT2D eigenvalue weighted by molar-refractivity contribution is 0.102. The maximum absolute atomic E-state index is 12.6. The van der Waals surface area contributed by atoms with Crippen molar-refractivity contribution in [1.82, 2.24) is 4.98 Å². The molecule has 0 saturated heterocycles. The van der Waals surface area contributed by atoms with Crippen LogP contribution in [0.4, 0.5) is 21.3 Å². The number of fused-ring (bicyclic) bond motifs is 1. The maximum atomic E-state index is 12.6. The zero-order valence-corrected chi connectivity index (χ0v) is 18.9. The molecule has 0 aliphatic rings. The highest BCUT2D eigenvalue weighted by Gasteiger charge is 2.15. The number of methoxy groups -OCH3 is 1. The van der Waals surface area contributed by atoms with E-state index in [2.05, 4.69) is 20.9 Å². The Morgan fingerprint density at radius 1 is 0.939 bits per heavy atom. The Bertz CT molecular complexity index is 1290. The van der Waals surface area contributed by atoms with Gasteiger partial charge in [0.15, 0.2) is 5.13 Å². The number of nitrogens with one attached hydrogen (secondary N) is 3. The summed E-state index contributed by atoms with van der Waals surface area (Å²) in [5, 5.41) is 8.85. The third-order valence-electron chi connectivity index (χ3n) is 4.63. The highest BCUT2D eigenvalue weighted by molar-refractivity contribution is 7.22. The second-order valence-electron chi connectivity index (χ2n) is 6.87. The molecule has 3 N–H and O–H groups in total. The van der Waals surface area contributed by atoms with E-state index in [0.29, 0.717) is 45.7 Å². The van der Waals surface area contributed by atoms with Crippen molar-refractivity contribution in [2.75, 3.05) is 29.7 Å². The monoisotopic (exact) mass is 462 g/mol. The maximum Gasteiger partial charge on any atom is 0.323 e. The van der Waals surface area contributed by atoms with E-state index in [9.17, 15) is 9.59 Å². The summed E-state index contributed by atoms with van der Waals surface area (Å²) in [6, 6.07) is 19.1. The molecule has 1 aromatic heterocycles. The van der Waals surface area contributed by atoms with Gasteiger partial charge in [0.05, 0.1) is 24.1 Å². The number of aromatic nitrogens is 1. The van der Waals surface area contributed by atoms with Crippen LogP contribution in [0.25, 0.3) is 10.2 Å². The first-order valence-corrected chi connectivity index (χ1v) is 11.0. The van der Waals surface area contributed by atoms with Crippen LogP contribution in [0.15, 0.2) is 66.7 Å². The molecule has 0 radical (unpaired) electrons. The van der Waals surface area contributed by atoms with E-state index in [-0.39, 0.29) is 5.91 Å². The number of hydrogen-bond donors (Lipinski definition) is 3. The van der Waals surface area contributed by atoms with Crippen molar-refractivity contribution in [2.45, 2.75) is 6.92 Å². The molecule has 4 aromatic rings. The summed E-state index contributed by atoms with van der Waals surface area (Å²) in [4.78, 5) is 29.5. The zero-order chi connectivity index (χ0) is 23.2. The fourth-order valence-electron chi connectivity index (χ4n) is 3.17. The van der Waals surface area contributed by atoms with Gasteiger partial charge in [-0.05, 0) is 37.3 Å². The van der Waals surface area contributed by atoms with Gasteiger partial charge in [0.2, 0.25) is 0 Å². The zero-order valence-electron chi connectivity index (χ0n) is 18.0. The number of thiazole rings is 1. The van der Waals surface area contributed by atoms with Gasteiger partial charge in [-0.1, -0.05) is 41.7 Å². The van der Waals surface area contributed by atoms with Crippen LogP contribution in [0.1, 0.15) is 17.3 Å². The highest BCUT2D eigenvalue weighted by atomic mass is 32.1. The topological polar surface area (TPSA) is 102 Å². The Morgan fingerprint density at radius 3 is 2.45 bits per heavy atom. The molecule has 3 aromatic carbocycles. The fourth-order valence-corrected chi connectivity index (χ4v) is 4.09. The number of urea groups is 1. The van der Waals surface area contributed by atoms with Crippen molar-refractivity contribution >= 4 is 50.0 Å². The van der Waals surface area contributed by atoms with Gasteiger partial charge < -0.3 is 20.1 Å². The van der Waals surface area contributed by atoms with Crippen molar-refractivity contribution in [3.63, 3.8) is 0 Å². The van der Waals surface area contributed by atoms with Crippen molar-refractivity contribution in [3.8, 4) is 11.5 Å². The normalized spacial score (nSPS) is 10.5. The molecule has 0 saturated carbocycles. The summed E-state index contributed by atoms with van der Waals surface area (Å²) >= 11 is 1.29. The van der Waals surface area contributed by atoms with Crippen molar-refractivity contribution in [1.29, 1.82) is 0 Å². The minimum absolute atomic E-state index is 0.251. The van der Waals surface area contributed by atoms with Gasteiger partial charge in [-0.3, -0.25) is 10.1 Å². The highest BCUT2D eigenvalue weighted by Crippen LogP contribution is 2.36. The van der Waals surface area contributed by atoms with E-state index in [1.54, 1.807) is 48.5 Å². The summed E-state index contributed by atoms with van der Waals surface area (Å²) in [7, 11) is 1.53. The molecule has 4 rings (SSSR count). The van der Waals surface area contributed by atoms with Crippen molar-refractivity contribution in [3.05, 3.63) is 72.3 Å². The lowest BCUT2D eigenvalue weighted by Gasteiger charge is -2.12. The molecule has 168 valence electrons. The second kappa shape index (κ2) is 10.0. The van der Waals surface area contributed by atoms with Crippen LogP contribution < -0.4 is 25.4 Å². The molecule has 9 heteroatoms. The first kappa shape index (κ1) is 22.1. The van der Waals surface area contributed by atoms with Crippen molar-refractivity contribution in [2.24, 2.45) is 0 Å². The van der Waals surface area contributed by atoms with Crippen LogP contribution in [0.5, 0.6) is 11.5 Å². The number of hydrogen-bond acceptors (Lipinski definition) is 6. The van der Waals surface area contributed by atoms with Crippen LogP contribution >= 0.6 is 11.3 Å². The molecular formula is C24H22N4O4S. The standard InChI is InChI=1S/C24H22N4O4S/c1-3-32-18-12-8-7-11-17(18)26-23(30)25-16-13-19(31-2)21-20(14-16)33-24(27-21)28-22(29)15-9-5-4-6-10-15/h4-14H,3H2,1-2H3,(H2,25,26,30)(H,27,28,29). The number of anilines is 3. The lowest BCUT2D eigenvalue weighted by atomic mass is 10.2. The van der Waals surface area contributed by atoms with E-state index in [4.69, 9.17) is 9.47 Å². The number of rotatable bonds is 7. The molecule has 0 aliphatic heterocycles. The first-order valence-electron chi connectivity index (χ1n) is 10.2. The minimum atomic E-state index is -0.425. The predicted molar refractivity (Wildman–Crippen MR) is 131 cm³/mol. The Kier molecular flexibility index (Phi) is 6.70. The Morgan fingerprint density at radius 2 is 1.70 bits per heavy atom. The average Bonchev–Trinajstić information content (AvgIpc) is 3.22. The minimum Gasteiger partial charge on any atom is -0.494 e. The molecule has 33 heavy (non-hydrogen) atoms. The number of para-hydroxylation sites is 2. The third-order valence-corrected chi connectivity index (χ3v) is 5.55. The van der Waals surface area contributed by atoms with E-state index >= 15 is 0 Å². The van der Waals surface area contributed by atoms with Crippen LogP contribution in [0, 0.1) is 0 Å². The SMILES string of the molecule is CCOc1ccccc1NC(=O)Nc1cc(OC)c2nc(NC(=O)c3ccccc3)sc2c1. The molecule has 0 unspecified atom stereocenters. The summed E-state index contributed by atoms with van der Waals surface area (Å²) in [6.45, 7) is 2.37. The molecule has 0 fully saturated rings. The van der Waals surface area contributed by atoms with Gasteiger partial charge in [0, 0.05) is 17.3 Å². The Labute approximate surface area is 194 Å². The van der Waals surface area contributed by atoms with E-state index in [1.807, 2.05) is 25.1 Å². The van der Waals surface area contributed by atoms with Crippen LogP contribution in [-0.4, -0.2) is 30.6 Å². The van der Waals surface area contributed by atoms with Gasteiger partial charge in [0.1, 0.15) is 17.0 Å². The molecular weight excluding hydrogens is 440 g/mol. The number of ether oxygens (including phenoxy) is 2. The van der Waals surface area contributed by atoms with Crippen molar-refractivity contribution < 1.29 is 19.1 Å². The summed E-state index contributed by atoms with van der Waals surface area (Å²) in [5.41, 5.74) is 2.22. The molecule has 0 spiro atoms. The summed E-state index contributed by atoms with van der Waals surface area (Å²) in [5.74, 6) is 0.817. The van der Waals surface area contributed by atoms with Gasteiger partial charge in [-0.15, -0.1) is 0 Å². The predicted octanol–water partition coefficient (Wildman–Crippen LogP) is 5.60. The summed E-state index contributed by atoms with van der Waals surface area (Å²) in [6.07, 6.45) is 0. The summed E-state index contributed by atoms with van der Waals surface area (Å²) < 4.78 is 11.8. The third kappa shape index (κ3) is 5.21. The van der Waals surface area contributed by atoms with E-state index in [0.717, 1.165) is 4.70 Å². The van der Waals surface area contributed by atoms with Gasteiger partial charge in [0.25, 0.3) is 5.91 Å². The molecule has 0 bridgehead atoms. The molecule has 3 amide bonds. The molecule has 1 heterocycles. The molecule has 0 atom stereocenters. The van der Waals surface area contributed by atoms with Crippen LogP contribution in [0.2, 0.25) is 0 Å². The van der Waals surface area contributed by atoms with Gasteiger partial charge in [-0.2, -0.15) is 0 Å². The molecule has 8 nitrogen and oxygen atoms in total. The quantitative estimate of drug-likeness (QED) is 0.332. The lowest BCUT2D eigenvalue weighted by Crippen LogP contribution is -2.20. The molecule has 0 aliphatic carbocycles. The first-order chi connectivity index (χ1) is 16.1. The van der Waals surface area contributed by atoms with Crippen LogP contribution in [0.3, 0.4) is 0 Å². The number of carbonyl (C=O) groups is 2. The van der Waals surface area contributed by atoms with Gasteiger partial charge in [-0.25, -0.2) is 9.78 Å². The van der Waals surface area contributed by atoms with Gasteiger partial charge >= 0.3 is 6.03 Å². The largest absolute Gasteiger partial charge is 0.494 e. The second-order valence-corrected chi connectivity index (χ2v) is 7.90. The van der Waals surface area contributed by atoms with Crippen LogP contribution in [-0.2, 0) is 0 Å². The smallest absolute Gasteiger partial charge is 0.323 e. The number of benzene rings is 3.